The van der Waals surface area contributed by atoms with Crippen molar-refractivity contribution >= 4 is 11.9 Å². The summed E-state index contributed by atoms with van der Waals surface area (Å²) in [5.41, 5.74) is 0. The minimum atomic E-state index is -1.43. The highest BCUT2D eigenvalue weighted by molar-refractivity contribution is 5.80. The lowest BCUT2D eigenvalue weighted by molar-refractivity contribution is -0.322. The van der Waals surface area contributed by atoms with E-state index < -0.39 is 23.9 Å². The molecule has 2 atom stereocenters. The van der Waals surface area contributed by atoms with Crippen molar-refractivity contribution in [1.82, 2.24) is 5.32 Å². The van der Waals surface area contributed by atoms with Crippen LogP contribution in [0.25, 0.3) is 0 Å². The maximum atomic E-state index is 10.5. The normalized spacial score (nSPS) is 15.4. The van der Waals surface area contributed by atoms with Gasteiger partial charge in [0.25, 0.3) is 0 Å². The second kappa shape index (κ2) is 4.81. The average Bonchev–Trinajstić information content (AvgIpc) is 1.97. The molecule has 5 nitrogen and oxygen atoms in total. The first-order valence-corrected chi connectivity index (χ1v) is 4.04. The molecule has 0 radical (unpaired) electrons. The van der Waals surface area contributed by atoms with Gasteiger partial charge in [-0.25, -0.2) is 0 Å². The summed E-state index contributed by atoms with van der Waals surface area (Å²) in [6, 6.07) is -1.32. The number of aliphatic carboxylic acids is 2. The van der Waals surface area contributed by atoms with Gasteiger partial charge in [0.2, 0.25) is 0 Å². The number of carbonyl (C=O) groups excluding carboxylic acids is 2. The van der Waals surface area contributed by atoms with Gasteiger partial charge in [-0.2, -0.15) is 0 Å². The molecule has 0 aliphatic carbocycles. The summed E-state index contributed by atoms with van der Waals surface area (Å²) < 4.78 is 0. The van der Waals surface area contributed by atoms with Gasteiger partial charge in [0.05, 0.1) is 12.0 Å². The number of nitrogens with one attached hydrogen (secondary N) is 1. The van der Waals surface area contributed by atoms with Crippen LogP contribution in [0.5, 0.6) is 0 Å². The molecule has 0 saturated heterocycles. The number of hydrogen-bond acceptors (Lipinski definition) is 5. The number of rotatable bonds is 5. The second-order valence-corrected chi connectivity index (χ2v) is 3.23. The first-order chi connectivity index (χ1) is 5.86. The molecular weight excluding hydrogens is 174 g/mol. The molecule has 0 aromatic carbocycles. The SMILES string of the molecule is CC(C)NC(C(=O)[O-])C(C)C(=O)[O-]. The van der Waals surface area contributed by atoms with Crippen molar-refractivity contribution in [1.29, 1.82) is 0 Å². The number of carbonyl (C=O) groups is 2. The van der Waals surface area contributed by atoms with Gasteiger partial charge in [-0.1, -0.05) is 20.8 Å². The van der Waals surface area contributed by atoms with Gasteiger partial charge in [-0.15, -0.1) is 0 Å². The molecule has 0 saturated carbocycles. The summed E-state index contributed by atoms with van der Waals surface area (Å²) in [5.74, 6) is -3.93. The highest BCUT2D eigenvalue weighted by atomic mass is 16.4. The summed E-state index contributed by atoms with van der Waals surface area (Å²) in [4.78, 5) is 20.9. The fourth-order valence-electron chi connectivity index (χ4n) is 0.912. The molecule has 5 heteroatoms. The third-order valence-corrected chi connectivity index (χ3v) is 1.64. The van der Waals surface area contributed by atoms with Gasteiger partial charge in [0.15, 0.2) is 0 Å². The van der Waals surface area contributed by atoms with Crippen molar-refractivity contribution in [2.75, 3.05) is 0 Å². The van der Waals surface area contributed by atoms with Crippen LogP contribution >= 0.6 is 0 Å². The zero-order valence-corrected chi connectivity index (χ0v) is 7.87. The highest BCUT2D eigenvalue weighted by Crippen LogP contribution is 2.02. The van der Waals surface area contributed by atoms with E-state index in [4.69, 9.17) is 0 Å². The van der Waals surface area contributed by atoms with Gasteiger partial charge in [-0.3, -0.25) is 0 Å². The van der Waals surface area contributed by atoms with Crippen LogP contribution in [0.15, 0.2) is 0 Å². The third kappa shape index (κ3) is 3.89. The molecule has 0 aliphatic rings. The fraction of sp³-hybridized carbons (Fsp3) is 0.750. The number of hydrogen-bond donors (Lipinski definition) is 1. The molecule has 0 aliphatic heterocycles. The van der Waals surface area contributed by atoms with Crippen LogP contribution in [0.4, 0.5) is 0 Å². The highest BCUT2D eigenvalue weighted by Gasteiger charge is 2.19. The molecule has 2 unspecified atom stereocenters. The van der Waals surface area contributed by atoms with Gasteiger partial charge in [0.1, 0.15) is 0 Å². The molecule has 0 aromatic rings. The molecule has 0 amide bonds. The average molecular weight is 187 g/mol. The molecule has 0 rings (SSSR count). The van der Waals surface area contributed by atoms with Crippen molar-refractivity contribution in [2.45, 2.75) is 32.9 Å². The largest absolute Gasteiger partial charge is 0.550 e. The van der Waals surface area contributed by atoms with Crippen LogP contribution in [-0.2, 0) is 9.59 Å². The van der Waals surface area contributed by atoms with E-state index in [9.17, 15) is 19.8 Å². The van der Waals surface area contributed by atoms with E-state index in [1.165, 1.54) is 6.92 Å². The van der Waals surface area contributed by atoms with Crippen LogP contribution in [0, 0.1) is 5.92 Å². The molecule has 0 bridgehead atoms. The van der Waals surface area contributed by atoms with E-state index in [0.29, 0.717) is 0 Å². The van der Waals surface area contributed by atoms with Crippen LogP contribution in [0.1, 0.15) is 20.8 Å². The molecule has 13 heavy (non-hydrogen) atoms. The van der Waals surface area contributed by atoms with Crippen LogP contribution in [0.3, 0.4) is 0 Å². The third-order valence-electron chi connectivity index (χ3n) is 1.64. The van der Waals surface area contributed by atoms with Crippen LogP contribution in [-0.4, -0.2) is 24.0 Å². The molecule has 0 aromatic heterocycles. The number of carboxylic acids is 2. The lowest BCUT2D eigenvalue weighted by atomic mass is 10.0. The first kappa shape index (κ1) is 11.9. The van der Waals surface area contributed by atoms with Crippen molar-refractivity contribution in [3.8, 4) is 0 Å². The van der Waals surface area contributed by atoms with Crippen LogP contribution in [0.2, 0.25) is 0 Å². The maximum Gasteiger partial charge on any atom is 0.0591 e. The second-order valence-electron chi connectivity index (χ2n) is 3.23. The van der Waals surface area contributed by atoms with E-state index in [-0.39, 0.29) is 6.04 Å². The van der Waals surface area contributed by atoms with Gasteiger partial charge in [-0.05, 0) is 0 Å². The fourth-order valence-corrected chi connectivity index (χ4v) is 0.912. The van der Waals surface area contributed by atoms with Gasteiger partial charge < -0.3 is 25.1 Å². The van der Waals surface area contributed by atoms with E-state index in [1.54, 1.807) is 13.8 Å². The molecule has 0 spiro atoms. The Kier molecular flexibility index (Phi) is 4.40. The van der Waals surface area contributed by atoms with Crippen molar-refractivity contribution < 1.29 is 19.8 Å². The molecule has 76 valence electrons. The summed E-state index contributed by atoms with van der Waals surface area (Å²) in [5, 5.41) is 23.5. The van der Waals surface area contributed by atoms with Crippen molar-refractivity contribution in [3.63, 3.8) is 0 Å². The summed E-state index contributed by atoms with van der Waals surface area (Å²) in [6.07, 6.45) is 0. The Morgan fingerprint density at radius 2 is 1.54 bits per heavy atom. The predicted molar refractivity (Wildman–Crippen MR) is 41.2 cm³/mol. The first-order valence-electron chi connectivity index (χ1n) is 4.04. The predicted octanol–water partition coefficient (Wildman–Crippen LogP) is -2.51. The molecule has 1 N–H and O–H groups in total. The molecular formula is C8H13NO4-2. The standard InChI is InChI=1S/C8H15NO4/c1-4(2)9-6(8(12)13)5(3)7(10)11/h4-6,9H,1-3H3,(H,10,11)(H,12,13)/p-2. The minimum absolute atomic E-state index is 0.121. The lowest BCUT2D eigenvalue weighted by Gasteiger charge is -2.28. The summed E-state index contributed by atoms with van der Waals surface area (Å²) in [6.45, 7) is 4.71. The maximum absolute atomic E-state index is 10.5. The quantitative estimate of drug-likeness (QED) is 0.513. The van der Waals surface area contributed by atoms with Gasteiger partial charge in [0, 0.05) is 17.9 Å². The van der Waals surface area contributed by atoms with E-state index in [2.05, 4.69) is 5.32 Å². The lowest BCUT2D eigenvalue weighted by Crippen LogP contribution is -2.55. The van der Waals surface area contributed by atoms with Crippen LogP contribution < -0.4 is 15.5 Å². The Morgan fingerprint density at radius 3 is 1.77 bits per heavy atom. The van der Waals surface area contributed by atoms with Crippen molar-refractivity contribution in [3.05, 3.63) is 0 Å². The minimum Gasteiger partial charge on any atom is -0.550 e. The molecule has 0 fully saturated rings. The topological polar surface area (TPSA) is 92.3 Å². The summed E-state index contributed by atoms with van der Waals surface area (Å²) in [7, 11) is 0. The Bertz CT molecular complexity index is 202. The molecule has 0 heterocycles. The van der Waals surface area contributed by atoms with E-state index in [1.807, 2.05) is 0 Å². The Morgan fingerprint density at radius 1 is 1.08 bits per heavy atom. The smallest absolute Gasteiger partial charge is 0.0591 e. The van der Waals surface area contributed by atoms with Gasteiger partial charge >= 0.3 is 0 Å². The Hall–Kier alpha value is -1.10. The zero-order valence-electron chi connectivity index (χ0n) is 7.87. The Balaban J connectivity index is 4.42. The van der Waals surface area contributed by atoms with E-state index >= 15 is 0 Å². The van der Waals surface area contributed by atoms with E-state index in [0.717, 1.165) is 0 Å². The summed E-state index contributed by atoms with van der Waals surface area (Å²) >= 11 is 0. The Labute approximate surface area is 76.8 Å². The monoisotopic (exact) mass is 187 g/mol. The number of carboxylic acid groups (broad SMARTS) is 2. The zero-order chi connectivity index (χ0) is 10.6. The van der Waals surface area contributed by atoms with Crippen molar-refractivity contribution in [2.24, 2.45) is 5.92 Å².